The Morgan fingerprint density at radius 1 is 1.57 bits per heavy atom. The molecule has 1 aromatic carbocycles. The Kier molecular flexibility index (Phi) is 3.12. The largest absolute Gasteiger partial charge is 0.478 e. The van der Waals surface area contributed by atoms with Crippen molar-refractivity contribution in [2.75, 3.05) is 0 Å². The summed E-state index contributed by atoms with van der Waals surface area (Å²) >= 11 is 3.99. The third-order valence-electron chi connectivity index (χ3n) is 1.79. The summed E-state index contributed by atoms with van der Waals surface area (Å²) in [6.07, 6.45) is 0. The highest BCUT2D eigenvalue weighted by Gasteiger charge is 2.14. The van der Waals surface area contributed by atoms with Crippen LogP contribution < -0.4 is 0 Å². The highest BCUT2D eigenvalue weighted by molar-refractivity contribution is 7.80. The number of aliphatic hydroxyl groups excluding tert-OH is 1. The number of carbonyl (C=O) groups is 1. The fraction of sp³-hybridized carbons (Fsp3) is 0.111. The van der Waals surface area contributed by atoms with E-state index in [1.54, 1.807) is 0 Å². The summed E-state index contributed by atoms with van der Waals surface area (Å²) in [7, 11) is 0. The minimum atomic E-state index is -1.14. The molecular formula is C9H7NO3S. The first kappa shape index (κ1) is 10.6. The van der Waals surface area contributed by atoms with Crippen LogP contribution in [0.3, 0.4) is 0 Å². The quantitative estimate of drug-likeness (QED) is 0.635. The summed E-state index contributed by atoms with van der Waals surface area (Å²) in [5.74, 6) is -1.14. The first-order valence-corrected chi connectivity index (χ1v) is 4.15. The van der Waals surface area contributed by atoms with Gasteiger partial charge in [-0.1, -0.05) is 0 Å². The Bertz CT molecular complexity index is 423. The summed E-state index contributed by atoms with van der Waals surface area (Å²) in [6.45, 7) is -0.448. The molecule has 0 bridgehead atoms. The molecule has 0 atom stereocenters. The summed E-state index contributed by atoms with van der Waals surface area (Å²) in [5.41, 5.74) is 0.388. The average molecular weight is 209 g/mol. The minimum Gasteiger partial charge on any atom is -0.478 e. The van der Waals surface area contributed by atoms with Crippen LogP contribution in [0.5, 0.6) is 0 Å². The zero-order valence-electron chi connectivity index (χ0n) is 7.06. The maximum Gasteiger partial charge on any atom is 0.336 e. The van der Waals surface area contributed by atoms with Crippen molar-refractivity contribution in [2.45, 2.75) is 11.5 Å². The van der Waals surface area contributed by atoms with E-state index in [2.05, 4.69) is 12.6 Å². The lowest BCUT2D eigenvalue weighted by atomic mass is 10.0. The van der Waals surface area contributed by atoms with Gasteiger partial charge in [-0.2, -0.15) is 5.26 Å². The fourth-order valence-electron chi connectivity index (χ4n) is 1.09. The van der Waals surface area contributed by atoms with Gasteiger partial charge in [0.2, 0.25) is 0 Å². The topological polar surface area (TPSA) is 81.3 Å². The molecule has 0 fully saturated rings. The number of aliphatic hydroxyl groups is 1. The number of rotatable bonds is 2. The third kappa shape index (κ3) is 1.71. The predicted octanol–water partition coefficient (Wildman–Crippen LogP) is 1.04. The Morgan fingerprint density at radius 3 is 2.64 bits per heavy atom. The van der Waals surface area contributed by atoms with Crippen LogP contribution in [-0.4, -0.2) is 16.2 Å². The molecule has 72 valence electrons. The van der Waals surface area contributed by atoms with Gasteiger partial charge in [-0.3, -0.25) is 0 Å². The molecule has 0 aliphatic carbocycles. The number of nitrogens with zero attached hydrogens (tertiary/aromatic N) is 1. The van der Waals surface area contributed by atoms with E-state index < -0.39 is 12.6 Å². The standard InChI is InChI=1S/C9H7NO3S/c10-3-5-1-2-6(9(12)13)7(4-11)8(5)14/h1-2,11,14H,4H2,(H,12,13). The van der Waals surface area contributed by atoms with E-state index in [1.165, 1.54) is 12.1 Å². The van der Waals surface area contributed by atoms with Gasteiger partial charge in [0.25, 0.3) is 0 Å². The summed E-state index contributed by atoms with van der Waals surface area (Å²) < 4.78 is 0. The number of carboxylic acids is 1. The van der Waals surface area contributed by atoms with Gasteiger partial charge in [-0.25, -0.2) is 4.79 Å². The molecule has 0 aliphatic heterocycles. The molecule has 1 rings (SSSR count). The fourth-order valence-corrected chi connectivity index (χ4v) is 1.40. The van der Waals surface area contributed by atoms with Gasteiger partial charge in [0.15, 0.2) is 0 Å². The van der Waals surface area contributed by atoms with E-state index >= 15 is 0 Å². The van der Waals surface area contributed by atoms with Crippen LogP contribution in [0.4, 0.5) is 0 Å². The van der Waals surface area contributed by atoms with Crippen LogP contribution in [0.15, 0.2) is 17.0 Å². The zero-order valence-corrected chi connectivity index (χ0v) is 7.95. The van der Waals surface area contributed by atoms with Crippen LogP contribution >= 0.6 is 12.6 Å². The number of hydrogen-bond donors (Lipinski definition) is 3. The molecule has 0 aromatic heterocycles. The van der Waals surface area contributed by atoms with Gasteiger partial charge < -0.3 is 10.2 Å². The summed E-state index contributed by atoms with van der Waals surface area (Å²) in [6, 6.07) is 4.51. The van der Waals surface area contributed by atoms with Gasteiger partial charge in [0.05, 0.1) is 17.7 Å². The third-order valence-corrected chi connectivity index (χ3v) is 2.30. The van der Waals surface area contributed by atoms with E-state index in [-0.39, 0.29) is 21.6 Å². The van der Waals surface area contributed by atoms with Crippen molar-refractivity contribution < 1.29 is 15.0 Å². The predicted molar refractivity (Wildman–Crippen MR) is 51.3 cm³/mol. The van der Waals surface area contributed by atoms with E-state index in [0.29, 0.717) is 0 Å². The lowest BCUT2D eigenvalue weighted by Crippen LogP contribution is -2.04. The second kappa shape index (κ2) is 4.13. The van der Waals surface area contributed by atoms with E-state index in [0.717, 1.165) is 0 Å². The molecule has 4 nitrogen and oxygen atoms in total. The molecule has 0 radical (unpaired) electrons. The van der Waals surface area contributed by atoms with Crippen LogP contribution in [-0.2, 0) is 6.61 Å². The molecule has 0 spiro atoms. The Morgan fingerprint density at radius 2 is 2.21 bits per heavy atom. The van der Waals surface area contributed by atoms with Crippen molar-refractivity contribution in [3.8, 4) is 6.07 Å². The normalized spacial score (nSPS) is 9.50. The molecule has 1 aromatic rings. The lowest BCUT2D eigenvalue weighted by Gasteiger charge is -2.06. The number of benzene rings is 1. The SMILES string of the molecule is N#Cc1ccc(C(=O)O)c(CO)c1S. The molecule has 0 heterocycles. The molecule has 0 amide bonds. The number of aromatic carboxylic acids is 1. The Balaban J connectivity index is 3.45. The average Bonchev–Trinajstić information content (AvgIpc) is 2.17. The second-order valence-electron chi connectivity index (χ2n) is 2.56. The van der Waals surface area contributed by atoms with Crippen LogP contribution in [0, 0.1) is 11.3 Å². The molecule has 2 N–H and O–H groups in total. The molecule has 0 unspecified atom stereocenters. The number of carboxylic acid groups (broad SMARTS) is 1. The monoisotopic (exact) mass is 209 g/mol. The van der Waals surface area contributed by atoms with E-state index in [4.69, 9.17) is 15.5 Å². The first-order valence-electron chi connectivity index (χ1n) is 3.71. The Hall–Kier alpha value is -1.51. The van der Waals surface area contributed by atoms with Crippen molar-refractivity contribution in [1.82, 2.24) is 0 Å². The molecule has 0 saturated heterocycles. The van der Waals surface area contributed by atoms with Crippen molar-refractivity contribution in [3.63, 3.8) is 0 Å². The molecule has 14 heavy (non-hydrogen) atoms. The summed E-state index contributed by atoms with van der Waals surface area (Å²) in [5, 5.41) is 26.3. The van der Waals surface area contributed by atoms with E-state index in [9.17, 15) is 4.79 Å². The second-order valence-corrected chi connectivity index (χ2v) is 3.01. The number of thiol groups is 1. The van der Waals surface area contributed by atoms with E-state index in [1.807, 2.05) is 6.07 Å². The van der Waals surface area contributed by atoms with Crippen molar-refractivity contribution in [3.05, 3.63) is 28.8 Å². The highest BCUT2D eigenvalue weighted by Crippen LogP contribution is 2.22. The first-order chi connectivity index (χ1) is 6.61. The van der Waals surface area contributed by atoms with Gasteiger partial charge in [-0.05, 0) is 12.1 Å². The maximum atomic E-state index is 10.7. The molecule has 5 heteroatoms. The summed E-state index contributed by atoms with van der Waals surface area (Å²) in [4.78, 5) is 10.9. The van der Waals surface area contributed by atoms with Crippen LogP contribution in [0.25, 0.3) is 0 Å². The Labute approximate surface area is 85.8 Å². The van der Waals surface area contributed by atoms with Crippen LogP contribution in [0.2, 0.25) is 0 Å². The number of nitriles is 1. The van der Waals surface area contributed by atoms with Crippen molar-refractivity contribution in [2.24, 2.45) is 0 Å². The minimum absolute atomic E-state index is 0.0310. The van der Waals surface area contributed by atoms with Gasteiger partial charge in [-0.15, -0.1) is 12.6 Å². The van der Waals surface area contributed by atoms with Crippen LogP contribution in [0.1, 0.15) is 21.5 Å². The zero-order chi connectivity index (χ0) is 10.7. The van der Waals surface area contributed by atoms with Gasteiger partial charge in [0.1, 0.15) is 6.07 Å². The molecular weight excluding hydrogens is 202 g/mol. The maximum absolute atomic E-state index is 10.7. The van der Waals surface area contributed by atoms with Gasteiger partial charge >= 0.3 is 5.97 Å². The lowest BCUT2D eigenvalue weighted by molar-refractivity contribution is 0.0693. The van der Waals surface area contributed by atoms with Crippen molar-refractivity contribution in [1.29, 1.82) is 5.26 Å². The molecule has 0 saturated carbocycles. The smallest absolute Gasteiger partial charge is 0.336 e. The van der Waals surface area contributed by atoms with Crippen molar-refractivity contribution >= 4 is 18.6 Å². The molecule has 0 aliphatic rings. The number of hydrogen-bond acceptors (Lipinski definition) is 4. The highest BCUT2D eigenvalue weighted by atomic mass is 32.1. The van der Waals surface area contributed by atoms with Gasteiger partial charge in [0, 0.05) is 10.5 Å².